The molecule has 0 saturated carbocycles. The predicted molar refractivity (Wildman–Crippen MR) is 65.8 cm³/mol. The van der Waals surface area contributed by atoms with Crippen LogP contribution in [0.2, 0.25) is 0 Å². The number of carboxylic acids is 1. The van der Waals surface area contributed by atoms with Gasteiger partial charge in [0.1, 0.15) is 0 Å². The minimum atomic E-state index is -0.736. The van der Waals surface area contributed by atoms with Gasteiger partial charge in [-0.1, -0.05) is 13.8 Å². The van der Waals surface area contributed by atoms with Crippen molar-refractivity contribution in [3.05, 3.63) is 5.82 Å². The Morgan fingerprint density at radius 2 is 2.17 bits per heavy atom. The molecule has 1 aromatic heterocycles. The van der Waals surface area contributed by atoms with Gasteiger partial charge in [0.15, 0.2) is 5.82 Å². The molecule has 102 valence electrons. The largest absolute Gasteiger partial charge is 0.481 e. The fraction of sp³-hybridized carbons (Fsp3) is 0.818. The van der Waals surface area contributed by atoms with Crippen LogP contribution >= 0.6 is 0 Å². The van der Waals surface area contributed by atoms with Gasteiger partial charge in [-0.2, -0.15) is 4.80 Å². The second-order valence-corrected chi connectivity index (χ2v) is 5.18. The number of carbonyl (C=O) groups is 1. The molecule has 7 heteroatoms. The van der Waals surface area contributed by atoms with E-state index in [0.29, 0.717) is 18.8 Å². The van der Waals surface area contributed by atoms with Crippen LogP contribution in [0.4, 0.5) is 0 Å². The van der Waals surface area contributed by atoms with Gasteiger partial charge in [0.25, 0.3) is 0 Å². The standard InChI is InChI=1S/C11H21N5O2/c1-11(2,5-4-10(17)18)6-7-12-8-9-13-15-16(3)14-9/h12H,4-8H2,1-3H3,(H,17,18). The van der Waals surface area contributed by atoms with E-state index in [4.69, 9.17) is 5.11 Å². The molecule has 0 aliphatic rings. The summed E-state index contributed by atoms with van der Waals surface area (Å²) in [7, 11) is 1.73. The second kappa shape index (κ2) is 6.44. The molecule has 1 heterocycles. The number of tetrazole rings is 1. The number of aryl methyl sites for hydroxylation is 1. The van der Waals surface area contributed by atoms with Crippen molar-refractivity contribution in [3.63, 3.8) is 0 Å². The molecule has 1 rings (SSSR count). The van der Waals surface area contributed by atoms with Gasteiger partial charge in [0, 0.05) is 6.42 Å². The summed E-state index contributed by atoms with van der Waals surface area (Å²) >= 11 is 0. The van der Waals surface area contributed by atoms with Crippen molar-refractivity contribution >= 4 is 5.97 Å². The highest BCUT2D eigenvalue weighted by Gasteiger charge is 2.18. The second-order valence-electron chi connectivity index (χ2n) is 5.18. The third-order valence-electron chi connectivity index (χ3n) is 2.83. The van der Waals surface area contributed by atoms with E-state index in [1.54, 1.807) is 7.05 Å². The highest BCUT2D eigenvalue weighted by molar-refractivity contribution is 5.66. The average molecular weight is 255 g/mol. The van der Waals surface area contributed by atoms with Crippen LogP contribution in [0.5, 0.6) is 0 Å². The van der Waals surface area contributed by atoms with E-state index in [1.807, 2.05) is 0 Å². The highest BCUT2D eigenvalue weighted by Crippen LogP contribution is 2.25. The number of hydrogen-bond donors (Lipinski definition) is 2. The number of aliphatic carboxylic acids is 1. The van der Waals surface area contributed by atoms with Gasteiger partial charge in [0.2, 0.25) is 0 Å². The van der Waals surface area contributed by atoms with E-state index < -0.39 is 5.97 Å². The molecule has 18 heavy (non-hydrogen) atoms. The first-order valence-corrected chi connectivity index (χ1v) is 6.04. The minimum absolute atomic E-state index is 0.0290. The SMILES string of the molecule is Cn1nnc(CNCCC(C)(C)CCC(=O)O)n1. The molecule has 0 spiro atoms. The van der Waals surface area contributed by atoms with Gasteiger partial charge < -0.3 is 10.4 Å². The van der Waals surface area contributed by atoms with Gasteiger partial charge in [-0.15, -0.1) is 10.2 Å². The minimum Gasteiger partial charge on any atom is -0.481 e. The predicted octanol–water partition coefficient (Wildman–Crippen LogP) is 0.581. The van der Waals surface area contributed by atoms with Crippen molar-refractivity contribution in [3.8, 4) is 0 Å². The zero-order valence-electron chi connectivity index (χ0n) is 11.2. The van der Waals surface area contributed by atoms with Crippen molar-refractivity contribution in [2.75, 3.05) is 6.54 Å². The highest BCUT2D eigenvalue weighted by atomic mass is 16.4. The van der Waals surface area contributed by atoms with Crippen molar-refractivity contribution in [1.82, 2.24) is 25.5 Å². The van der Waals surface area contributed by atoms with Crippen LogP contribution in [0, 0.1) is 5.41 Å². The van der Waals surface area contributed by atoms with E-state index in [1.165, 1.54) is 4.80 Å². The van der Waals surface area contributed by atoms with E-state index in [0.717, 1.165) is 13.0 Å². The summed E-state index contributed by atoms with van der Waals surface area (Å²) in [5.74, 6) is -0.0689. The Morgan fingerprint density at radius 1 is 1.44 bits per heavy atom. The van der Waals surface area contributed by atoms with Gasteiger partial charge in [-0.3, -0.25) is 4.79 Å². The van der Waals surface area contributed by atoms with Crippen molar-refractivity contribution in [1.29, 1.82) is 0 Å². The average Bonchev–Trinajstić information content (AvgIpc) is 2.68. The topological polar surface area (TPSA) is 92.9 Å². The molecule has 7 nitrogen and oxygen atoms in total. The lowest BCUT2D eigenvalue weighted by atomic mass is 9.84. The lowest BCUT2D eigenvalue weighted by molar-refractivity contribution is -0.137. The molecular formula is C11H21N5O2. The molecule has 0 unspecified atom stereocenters. The van der Waals surface area contributed by atoms with Crippen LogP contribution in [0.25, 0.3) is 0 Å². The number of aromatic nitrogens is 4. The lowest BCUT2D eigenvalue weighted by Crippen LogP contribution is -2.23. The Balaban J connectivity index is 2.18. The summed E-state index contributed by atoms with van der Waals surface area (Å²) < 4.78 is 0. The van der Waals surface area contributed by atoms with E-state index in [2.05, 4.69) is 34.6 Å². The first kappa shape index (κ1) is 14.6. The maximum Gasteiger partial charge on any atom is 0.303 e. The zero-order valence-corrected chi connectivity index (χ0v) is 11.2. The molecular weight excluding hydrogens is 234 g/mol. The van der Waals surface area contributed by atoms with Gasteiger partial charge in [-0.25, -0.2) is 0 Å². The third-order valence-corrected chi connectivity index (χ3v) is 2.83. The Bertz CT molecular complexity index is 389. The molecule has 1 aromatic rings. The maximum absolute atomic E-state index is 10.5. The van der Waals surface area contributed by atoms with Crippen LogP contribution < -0.4 is 5.32 Å². The number of nitrogens with zero attached hydrogens (tertiary/aromatic N) is 4. The molecule has 0 radical (unpaired) electrons. The number of carboxylic acid groups (broad SMARTS) is 1. The van der Waals surface area contributed by atoms with E-state index in [9.17, 15) is 4.79 Å². The molecule has 0 bridgehead atoms. The van der Waals surface area contributed by atoms with E-state index >= 15 is 0 Å². The monoisotopic (exact) mass is 255 g/mol. The normalized spacial score (nSPS) is 11.7. The van der Waals surface area contributed by atoms with Crippen molar-refractivity contribution < 1.29 is 9.90 Å². The first-order chi connectivity index (χ1) is 8.39. The van der Waals surface area contributed by atoms with Gasteiger partial charge in [0.05, 0.1) is 13.6 Å². The Labute approximate surface area is 107 Å². The van der Waals surface area contributed by atoms with Crippen LogP contribution in [0.3, 0.4) is 0 Å². The van der Waals surface area contributed by atoms with Crippen LogP contribution in [-0.2, 0) is 18.4 Å². The summed E-state index contributed by atoms with van der Waals surface area (Å²) in [4.78, 5) is 11.9. The molecule has 0 atom stereocenters. The first-order valence-electron chi connectivity index (χ1n) is 6.04. The molecule has 0 fully saturated rings. The Morgan fingerprint density at radius 3 is 2.72 bits per heavy atom. The zero-order chi connectivity index (χ0) is 13.6. The molecule has 0 aliphatic carbocycles. The number of hydrogen-bond acceptors (Lipinski definition) is 5. The molecule has 0 saturated heterocycles. The van der Waals surface area contributed by atoms with Crippen LogP contribution in [0.1, 0.15) is 38.9 Å². The Kier molecular flexibility index (Phi) is 5.21. The number of nitrogens with one attached hydrogen (secondary N) is 1. The van der Waals surface area contributed by atoms with Crippen LogP contribution in [0.15, 0.2) is 0 Å². The quantitative estimate of drug-likeness (QED) is 0.660. The van der Waals surface area contributed by atoms with Crippen molar-refractivity contribution in [2.45, 2.75) is 39.7 Å². The maximum atomic E-state index is 10.5. The summed E-state index contributed by atoms with van der Waals surface area (Å²) in [6.07, 6.45) is 1.83. The summed E-state index contributed by atoms with van der Waals surface area (Å²) in [5.41, 5.74) is 0.0290. The fourth-order valence-corrected chi connectivity index (χ4v) is 1.59. The molecule has 0 aromatic carbocycles. The lowest BCUT2D eigenvalue weighted by Gasteiger charge is -2.23. The summed E-state index contributed by atoms with van der Waals surface area (Å²) in [5, 5.41) is 23.6. The smallest absolute Gasteiger partial charge is 0.303 e. The summed E-state index contributed by atoms with van der Waals surface area (Å²) in [6.45, 7) is 5.56. The number of rotatable bonds is 8. The van der Waals surface area contributed by atoms with Crippen LogP contribution in [-0.4, -0.2) is 37.8 Å². The molecule has 0 aliphatic heterocycles. The Hall–Kier alpha value is -1.50. The molecule has 0 amide bonds. The van der Waals surface area contributed by atoms with E-state index in [-0.39, 0.29) is 11.8 Å². The van der Waals surface area contributed by atoms with Gasteiger partial charge >= 0.3 is 5.97 Å². The fourth-order valence-electron chi connectivity index (χ4n) is 1.59. The van der Waals surface area contributed by atoms with Crippen molar-refractivity contribution in [2.24, 2.45) is 12.5 Å². The molecule has 2 N–H and O–H groups in total. The summed E-state index contributed by atoms with van der Waals surface area (Å²) in [6, 6.07) is 0. The third kappa shape index (κ3) is 5.72. The van der Waals surface area contributed by atoms with Gasteiger partial charge in [-0.05, 0) is 30.0 Å².